The molecule has 1 aromatic carbocycles. The quantitative estimate of drug-likeness (QED) is 0.520. The number of aromatic nitrogens is 1. The summed E-state index contributed by atoms with van der Waals surface area (Å²) in [4.78, 5) is 56.9. The molecule has 10 nitrogen and oxygen atoms in total. The standard InChI is InChI=1S/C25H22N4O6/c1-34-16-5-2-13-11-29(23(32)17(13)7-16)12-25(9-21(30)28-24(25)33)20-8-18-19(35-20)6-14(10-26-18)22(31)27-15-3-4-15/h2,5-8,10,15H,3-4,9,11-12H2,1H3,(H,27,31)(H,28,30,33)/t25-/m1/s1. The Balaban J connectivity index is 1.34. The number of furan rings is 1. The zero-order valence-corrected chi connectivity index (χ0v) is 18.9. The van der Waals surface area contributed by atoms with Crippen LogP contribution in [0.3, 0.4) is 0 Å². The van der Waals surface area contributed by atoms with Gasteiger partial charge in [0.2, 0.25) is 11.8 Å². The molecule has 35 heavy (non-hydrogen) atoms. The van der Waals surface area contributed by atoms with Crippen LogP contribution in [0.5, 0.6) is 5.75 Å². The minimum absolute atomic E-state index is 0.0464. The molecule has 1 saturated carbocycles. The van der Waals surface area contributed by atoms with Crippen molar-refractivity contribution >= 4 is 34.7 Å². The molecule has 3 aliphatic rings. The minimum Gasteiger partial charge on any atom is -0.497 e. The molecule has 2 N–H and O–H groups in total. The summed E-state index contributed by atoms with van der Waals surface area (Å²) in [5.41, 5.74) is 1.04. The minimum atomic E-state index is -1.41. The fourth-order valence-corrected chi connectivity index (χ4v) is 4.74. The average molecular weight is 474 g/mol. The highest BCUT2D eigenvalue weighted by atomic mass is 16.5. The first-order valence-electron chi connectivity index (χ1n) is 11.4. The highest BCUT2D eigenvalue weighted by Crippen LogP contribution is 2.39. The number of amides is 4. The Morgan fingerprint density at radius 3 is 2.80 bits per heavy atom. The van der Waals surface area contributed by atoms with E-state index in [-0.39, 0.29) is 36.6 Å². The number of imide groups is 1. The van der Waals surface area contributed by atoms with Crippen molar-refractivity contribution in [3.63, 3.8) is 0 Å². The Kier molecular flexibility index (Phi) is 4.67. The van der Waals surface area contributed by atoms with Crippen LogP contribution < -0.4 is 15.4 Å². The summed E-state index contributed by atoms with van der Waals surface area (Å²) in [6.07, 6.45) is 3.22. The summed E-state index contributed by atoms with van der Waals surface area (Å²) in [5.74, 6) is -0.678. The molecule has 0 bridgehead atoms. The molecule has 3 aromatic rings. The van der Waals surface area contributed by atoms with Crippen LogP contribution >= 0.6 is 0 Å². The predicted octanol–water partition coefficient (Wildman–Crippen LogP) is 1.67. The summed E-state index contributed by atoms with van der Waals surface area (Å²) < 4.78 is 11.3. The first kappa shape index (κ1) is 21.3. The lowest BCUT2D eigenvalue weighted by Crippen LogP contribution is -2.46. The molecule has 4 amide bonds. The summed E-state index contributed by atoms with van der Waals surface area (Å²) in [6.45, 7) is 0.251. The molecule has 2 aromatic heterocycles. The van der Waals surface area contributed by atoms with E-state index < -0.39 is 17.2 Å². The molecule has 4 heterocycles. The van der Waals surface area contributed by atoms with Gasteiger partial charge in [-0.05, 0) is 36.6 Å². The average Bonchev–Trinajstić information content (AvgIpc) is 3.35. The zero-order valence-electron chi connectivity index (χ0n) is 18.9. The van der Waals surface area contributed by atoms with E-state index in [0.29, 0.717) is 34.5 Å². The van der Waals surface area contributed by atoms with Crippen LogP contribution in [-0.2, 0) is 21.5 Å². The molecule has 10 heteroatoms. The molecule has 178 valence electrons. The Hall–Kier alpha value is -4.21. The summed E-state index contributed by atoms with van der Waals surface area (Å²) in [5, 5.41) is 5.26. The van der Waals surface area contributed by atoms with Gasteiger partial charge in [0.25, 0.3) is 11.8 Å². The van der Waals surface area contributed by atoms with Crippen molar-refractivity contribution in [1.29, 1.82) is 0 Å². The van der Waals surface area contributed by atoms with Crippen LogP contribution in [-0.4, -0.2) is 53.2 Å². The van der Waals surface area contributed by atoms with Gasteiger partial charge in [-0.15, -0.1) is 0 Å². The number of carbonyl (C=O) groups is 4. The Labute approximate surface area is 199 Å². The van der Waals surface area contributed by atoms with E-state index in [0.717, 1.165) is 18.4 Å². The molecule has 6 rings (SSSR count). The fraction of sp³-hybridized carbons (Fsp3) is 0.320. The lowest BCUT2D eigenvalue weighted by Gasteiger charge is -2.28. The molecule has 1 saturated heterocycles. The topological polar surface area (TPSA) is 131 Å². The molecule has 0 radical (unpaired) electrons. The van der Waals surface area contributed by atoms with E-state index in [4.69, 9.17) is 9.15 Å². The van der Waals surface area contributed by atoms with Crippen molar-refractivity contribution in [1.82, 2.24) is 20.5 Å². The summed E-state index contributed by atoms with van der Waals surface area (Å²) in [6, 6.07) is 8.64. The molecule has 2 aliphatic heterocycles. The third kappa shape index (κ3) is 3.52. The number of nitrogens with zero attached hydrogens (tertiary/aromatic N) is 2. The van der Waals surface area contributed by atoms with E-state index in [1.807, 2.05) is 6.07 Å². The number of rotatable bonds is 6. The molecule has 0 unspecified atom stereocenters. The Morgan fingerprint density at radius 1 is 1.26 bits per heavy atom. The van der Waals surface area contributed by atoms with Crippen LogP contribution in [0.25, 0.3) is 11.1 Å². The number of hydrogen-bond donors (Lipinski definition) is 2. The normalized spacial score (nSPS) is 21.4. The predicted molar refractivity (Wildman–Crippen MR) is 122 cm³/mol. The fourth-order valence-electron chi connectivity index (χ4n) is 4.74. The Bertz CT molecular complexity index is 1420. The van der Waals surface area contributed by atoms with Gasteiger partial charge in [0.1, 0.15) is 22.4 Å². The molecule has 0 spiro atoms. The number of nitrogens with one attached hydrogen (secondary N) is 2. The third-order valence-corrected chi connectivity index (χ3v) is 6.82. The number of benzene rings is 1. The molecule has 1 aliphatic carbocycles. The van der Waals surface area contributed by atoms with E-state index in [1.165, 1.54) is 18.2 Å². The second-order valence-electron chi connectivity index (χ2n) is 9.29. The molecular formula is C25H22N4O6. The van der Waals surface area contributed by atoms with Crippen molar-refractivity contribution in [3.05, 3.63) is 59.0 Å². The maximum Gasteiger partial charge on any atom is 0.254 e. The van der Waals surface area contributed by atoms with Gasteiger partial charge in [0.05, 0.1) is 19.1 Å². The smallest absolute Gasteiger partial charge is 0.254 e. The first-order chi connectivity index (χ1) is 16.9. The van der Waals surface area contributed by atoms with Gasteiger partial charge in [0, 0.05) is 37.0 Å². The van der Waals surface area contributed by atoms with Crippen LogP contribution in [0, 0.1) is 0 Å². The number of hydrogen-bond acceptors (Lipinski definition) is 7. The van der Waals surface area contributed by atoms with Crippen LogP contribution in [0.1, 0.15) is 51.3 Å². The monoisotopic (exact) mass is 474 g/mol. The highest BCUT2D eigenvalue weighted by molar-refractivity contribution is 6.10. The van der Waals surface area contributed by atoms with Gasteiger partial charge in [-0.25, -0.2) is 0 Å². The van der Waals surface area contributed by atoms with Crippen molar-refractivity contribution in [2.24, 2.45) is 0 Å². The molecule has 2 fully saturated rings. The van der Waals surface area contributed by atoms with Gasteiger partial charge >= 0.3 is 0 Å². The van der Waals surface area contributed by atoms with Crippen LogP contribution in [0.2, 0.25) is 0 Å². The molecule has 1 atom stereocenters. The SMILES string of the molecule is COc1ccc2c(c1)C(=O)N(C[C@@]1(c3cc4ncc(C(=O)NC5CC5)cc4o3)CC(=O)NC1=O)C2. The molecular weight excluding hydrogens is 452 g/mol. The number of ether oxygens (including phenoxy) is 1. The number of pyridine rings is 1. The van der Waals surface area contributed by atoms with Crippen molar-refractivity contribution < 1.29 is 28.3 Å². The van der Waals surface area contributed by atoms with Gasteiger partial charge in [-0.1, -0.05) is 6.07 Å². The van der Waals surface area contributed by atoms with Crippen molar-refractivity contribution in [3.8, 4) is 5.75 Å². The van der Waals surface area contributed by atoms with Crippen molar-refractivity contribution in [2.45, 2.75) is 37.3 Å². The Morgan fingerprint density at radius 2 is 2.09 bits per heavy atom. The third-order valence-electron chi connectivity index (χ3n) is 6.82. The second kappa shape index (κ2) is 7.66. The van der Waals surface area contributed by atoms with Crippen LogP contribution in [0.4, 0.5) is 0 Å². The van der Waals surface area contributed by atoms with E-state index in [2.05, 4.69) is 15.6 Å². The van der Waals surface area contributed by atoms with Crippen molar-refractivity contribution in [2.75, 3.05) is 13.7 Å². The number of carbonyl (C=O) groups excluding carboxylic acids is 4. The number of fused-ring (bicyclic) bond motifs is 2. The van der Waals surface area contributed by atoms with Crippen LogP contribution in [0.15, 0.2) is 40.9 Å². The second-order valence-corrected chi connectivity index (χ2v) is 9.29. The van der Waals surface area contributed by atoms with Gasteiger partial charge in [-0.3, -0.25) is 29.5 Å². The lowest BCUT2D eigenvalue weighted by molar-refractivity contribution is -0.127. The largest absolute Gasteiger partial charge is 0.497 e. The van der Waals surface area contributed by atoms with Gasteiger partial charge < -0.3 is 19.4 Å². The van der Waals surface area contributed by atoms with E-state index >= 15 is 0 Å². The summed E-state index contributed by atoms with van der Waals surface area (Å²) in [7, 11) is 1.53. The van der Waals surface area contributed by atoms with Gasteiger partial charge in [-0.2, -0.15) is 0 Å². The maximum atomic E-state index is 13.2. The highest BCUT2D eigenvalue weighted by Gasteiger charge is 2.53. The maximum absolute atomic E-state index is 13.2. The zero-order chi connectivity index (χ0) is 24.3. The first-order valence-corrected chi connectivity index (χ1v) is 11.4. The number of methoxy groups -OCH3 is 1. The van der Waals surface area contributed by atoms with Gasteiger partial charge in [0.15, 0.2) is 5.58 Å². The lowest BCUT2D eigenvalue weighted by atomic mass is 9.82. The summed E-state index contributed by atoms with van der Waals surface area (Å²) >= 11 is 0. The van der Waals surface area contributed by atoms with E-state index in [9.17, 15) is 19.2 Å². The van der Waals surface area contributed by atoms with E-state index in [1.54, 1.807) is 24.3 Å².